The number of para-hydroxylation sites is 1. The van der Waals surface area contributed by atoms with E-state index in [0.29, 0.717) is 18.3 Å². The molecule has 0 radical (unpaired) electrons. The van der Waals surface area contributed by atoms with Gasteiger partial charge in [-0.15, -0.1) is 0 Å². The van der Waals surface area contributed by atoms with Crippen molar-refractivity contribution in [1.82, 2.24) is 14.8 Å². The van der Waals surface area contributed by atoms with Crippen LogP contribution >= 0.6 is 0 Å². The number of benzene rings is 2. The molecule has 2 N–H and O–H groups in total. The molecule has 166 valence electrons. The second kappa shape index (κ2) is 10.1. The number of amides is 1. The van der Waals surface area contributed by atoms with Crippen molar-refractivity contribution in [3.05, 3.63) is 78.8 Å². The van der Waals surface area contributed by atoms with Crippen LogP contribution in [0.3, 0.4) is 0 Å². The average Bonchev–Trinajstić information content (AvgIpc) is 3.27. The number of aromatic nitrogens is 3. The van der Waals surface area contributed by atoms with E-state index in [-0.39, 0.29) is 11.9 Å². The molecule has 2 atom stereocenters. The number of hydrogen-bond donors (Lipinski definition) is 2. The van der Waals surface area contributed by atoms with Gasteiger partial charge in [-0.05, 0) is 36.2 Å². The number of hydrogen-bond acceptors (Lipinski definition) is 5. The van der Waals surface area contributed by atoms with E-state index in [4.69, 9.17) is 4.74 Å². The van der Waals surface area contributed by atoms with Gasteiger partial charge < -0.3 is 15.4 Å². The predicted molar refractivity (Wildman–Crippen MR) is 126 cm³/mol. The summed E-state index contributed by atoms with van der Waals surface area (Å²) in [5.74, 6) is 0.670. The minimum atomic E-state index is -0.565. The van der Waals surface area contributed by atoms with Crippen LogP contribution in [-0.2, 0) is 4.79 Å². The van der Waals surface area contributed by atoms with Crippen molar-refractivity contribution >= 4 is 17.5 Å². The molecule has 0 saturated heterocycles. The molecule has 1 amide bonds. The number of anilines is 2. The molecule has 2 heterocycles. The molecule has 32 heavy (non-hydrogen) atoms. The largest absolute Gasteiger partial charge is 0.494 e. The van der Waals surface area contributed by atoms with Gasteiger partial charge in [-0.25, -0.2) is 4.68 Å². The van der Waals surface area contributed by atoms with E-state index in [1.54, 1.807) is 4.68 Å². The smallest absolute Gasteiger partial charge is 0.235 e. The minimum absolute atomic E-state index is 0.156. The third-order valence-electron chi connectivity index (χ3n) is 5.61. The lowest BCUT2D eigenvalue weighted by atomic mass is 9.88. The molecule has 0 fully saturated rings. The van der Waals surface area contributed by atoms with Crippen molar-refractivity contribution in [3.63, 3.8) is 0 Å². The normalized spacial score (nSPS) is 17.3. The quantitative estimate of drug-likeness (QED) is 0.465. The van der Waals surface area contributed by atoms with Crippen LogP contribution in [0.1, 0.15) is 44.2 Å². The van der Waals surface area contributed by atoms with Crippen LogP contribution in [0.25, 0.3) is 0 Å². The third-order valence-corrected chi connectivity index (χ3v) is 5.61. The Morgan fingerprint density at radius 1 is 1.12 bits per heavy atom. The van der Waals surface area contributed by atoms with E-state index in [1.165, 1.54) is 25.6 Å². The van der Waals surface area contributed by atoms with Crippen LogP contribution in [0.5, 0.6) is 5.75 Å². The van der Waals surface area contributed by atoms with Gasteiger partial charge in [0.1, 0.15) is 18.0 Å². The maximum Gasteiger partial charge on any atom is 0.235 e. The summed E-state index contributed by atoms with van der Waals surface area (Å²) in [7, 11) is 0. The van der Waals surface area contributed by atoms with Crippen molar-refractivity contribution in [1.29, 1.82) is 0 Å². The molecule has 0 aliphatic carbocycles. The van der Waals surface area contributed by atoms with Crippen molar-refractivity contribution in [2.45, 2.75) is 38.6 Å². The molecule has 0 spiro atoms. The molecule has 0 bridgehead atoms. The number of nitrogens with one attached hydrogen (secondary N) is 2. The van der Waals surface area contributed by atoms with Gasteiger partial charge in [0.05, 0.1) is 12.6 Å². The second-order valence-corrected chi connectivity index (χ2v) is 7.93. The lowest BCUT2D eigenvalue weighted by molar-refractivity contribution is -0.119. The maximum atomic E-state index is 13.3. The Hall–Kier alpha value is -3.61. The third kappa shape index (κ3) is 4.82. The first-order chi connectivity index (χ1) is 15.7. The first-order valence-electron chi connectivity index (χ1n) is 11.1. The Balaban J connectivity index is 1.55. The molecule has 1 aliphatic rings. The molecule has 7 nitrogen and oxygen atoms in total. The molecule has 4 rings (SSSR count). The fourth-order valence-electron chi connectivity index (χ4n) is 3.95. The highest BCUT2D eigenvalue weighted by molar-refractivity contribution is 5.95. The number of unbranched alkanes of at least 4 members (excludes halogenated alkanes) is 3. The van der Waals surface area contributed by atoms with Gasteiger partial charge in [0.25, 0.3) is 0 Å². The number of ether oxygens (including phenoxy) is 1. The van der Waals surface area contributed by atoms with E-state index in [1.807, 2.05) is 54.6 Å². The zero-order valence-corrected chi connectivity index (χ0v) is 18.3. The molecule has 2 aromatic carbocycles. The summed E-state index contributed by atoms with van der Waals surface area (Å²) in [4.78, 5) is 17.6. The van der Waals surface area contributed by atoms with E-state index in [0.717, 1.165) is 23.4 Å². The molecule has 3 aromatic rings. The Kier molecular flexibility index (Phi) is 6.84. The van der Waals surface area contributed by atoms with E-state index < -0.39 is 5.92 Å². The molecule has 0 unspecified atom stereocenters. The molecule has 0 saturated carbocycles. The van der Waals surface area contributed by atoms with E-state index in [9.17, 15) is 4.79 Å². The highest BCUT2D eigenvalue weighted by Gasteiger charge is 2.39. The highest BCUT2D eigenvalue weighted by atomic mass is 16.5. The van der Waals surface area contributed by atoms with Gasteiger partial charge in [-0.2, -0.15) is 10.1 Å². The zero-order valence-electron chi connectivity index (χ0n) is 18.3. The molecular weight excluding hydrogens is 402 g/mol. The summed E-state index contributed by atoms with van der Waals surface area (Å²) in [6.07, 6.45) is 6.15. The topological polar surface area (TPSA) is 81.1 Å². The van der Waals surface area contributed by atoms with Crippen molar-refractivity contribution in [3.8, 4) is 5.75 Å². The van der Waals surface area contributed by atoms with E-state index >= 15 is 0 Å². The van der Waals surface area contributed by atoms with Crippen molar-refractivity contribution in [2.75, 3.05) is 17.2 Å². The Labute approximate surface area is 188 Å². The number of nitrogens with zero attached hydrogens (tertiary/aromatic N) is 3. The predicted octanol–water partition coefficient (Wildman–Crippen LogP) is 5.02. The fraction of sp³-hybridized carbons (Fsp3) is 0.320. The number of carbonyl (C=O) groups is 1. The summed E-state index contributed by atoms with van der Waals surface area (Å²) < 4.78 is 7.62. The lowest BCUT2D eigenvalue weighted by Gasteiger charge is -2.33. The van der Waals surface area contributed by atoms with Crippen LogP contribution in [0, 0.1) is 5.92 Å². The van der Waals surface area contributed by atoms with Gasteiger partial charge in [-0.3, -0.25) is 4.79 Å². The number of carbonyl (C=O) groups excluding carboxylic acids is 1. The van der Waals surface area contributed by atoms with E-state index in [2.05, 4.69) is 34.2 Å². The molecule has 7 heteroatoms. The number of fused-ring (bicyclic) bond motifs is 1. The average molecular weight is 432 g/mol. The summed E-state index contributed by atoms with van der Waals surface area (Å²) in [5.41, 5.74) is 2.26. The summed E-state index contributed by atoms with van der Waals surface area (Å²) >= 11 is 0. The maximum absolute atomic E-state index is 13.3. The molecule has 1 aliphatic heterocycles. The summed E-state index contributed by atoms with van der Waals surface area (Å²) in [6, 6.07) is 16.9. The minimum Gasteiger partial charge on any atom is -0.494 e. The van der Waals surface area contributed by atoms with Crippen LogP contribution in [-0.4, -0.2) is 27.3 Å². The molecular formula is C25H29N5O2. The van der Waals surface area contributed by atoms with Crippen LogP contribution < -0.4 is 15.4 Å². The monoisotopic (exact) mass is 431 g/mol. The fourth-order valence-corrected chi connectivity index (χ4v) is 3.95. The summed E-state index contributed by atoms with van der Waals surface area (Å²) in [5, 5.41) is 10.5. The van der Waals surface area contributed by atoms with Gasteiger partial charge in [0.15, 0.2) is 0 Å². The van der Waals surface area contributed by atoms with Gasteiger partial charge in [0, 0.05) is 11.4 Å². The number of rotatable bonds is 9. The molecule has 1 aromatic heterocycles. The Morgan fingerprint density at radius 3 is 2.66 bits per heavy atom. The van der Waals surface area contributed by atoms with Crippen molar-refractivity contribution < 1.29 is 9.53 Å². The lowest BCUT2D eigenvalue weighted by Crippen LogP contribution is -2.39. The first-order valence-corrected chi connectivity index (χ1v) is 11.1. The Morgan fingerprint density at radius 2 is 1.91 bits per heavy atom. The van der Waals surface area contributed by atoms with Gasteiger partial charge in [-0.1, -0.05) is 63.1 Å². The second-order valence-electron chi connectivity index (χ2n) is 7.93. The van der Waals surface area contributed by atoms with Crippen molar-refractivity contribution in [2.24, 2.45) is 5.92 Å². The van der Waals surface area contributed by atoms with Gasteiger partial charge in [0.2, 0.25) is 11.9 Å². The van der Waals surface area contributed by atoms with Crippen LogP contribution in [0.15, 0.2) is 73.2 Å². The SMILES string of the molecule is C=C1Nc2ncnn2[C@H](c2ccc(OCCCCCC)cc2)[C@H]1C(=O)Nc1ccccc1. The highest BCUT2D eigenvalue weighted by Crippen LogP contribution is 2.38. The summed E-state index contributed by atoms with van der Waals surface area (Å²) in [6.45, 7) is 7.02. The van der Waals surface area contributed by atoms with Gasteiger partial charge >= 0.3 is 0 Å². The Bertz CT molecular complexity index is 1050. The zero-order chi connectivity index (χ0) is 22.3. The van der Waals surface area contributed by atoms with Crippen LogP contribution in [0.4, 0.5) is 11.6 Å². The first kappa shape index (κ1) is 21.6. The van der Waals surface area contributed by atoms with Crippen LogP contribution in [0.2, 0.25) is 0 Å². The standard InChI is InChI=1S/C25H29N5O2/c1-3-4-5-9-16-32-21-14-12-19(13-15-21)23-22(18(2)28-25-26-17-27-30(23)25)24(31)29-20-10-7-6-8-11-20/h6-8,10-15,17,22-23H,2-5,9,16H2,1H3,(H,29,31)(H,26,27,28)/t22-,23+/m0/s1.